The molecular weight excluding hydrogens is 364 g/mol. The van der Waals surface area contributed by atoms with Crippen LogP contribution in [0.25, 0.3) is 10.4 Å². The largest absolute Gasteiger partial charge is 0.447 e. The fraction of sp³-hybridized carbons (Fsp3) is 0.579. The molecule has 3 atom stereocenters. The number of benzene rings is 1. The summed E-state index contributed by atoms with van der Waals surface area (Å²) in [4.78, 5) is 29.1. The van der Waals surface area contributed by atoms with E-state index in [1.807, 2.05) is 37.3 Å². The van der Waals surface area contributed by atoms with Gasteiger partial charge in [-0.1, -0.05) is 42.4 Å². The molecule has 0 saturated carbocycles. The van der Waals surface area contributed by atoms with Crippen LogP contribution < -0.4 is 0 Å². The van der Waals surface area contributed by atoms with Crippen molar-refractivity contribution < 1.29 is 23.8 Å². The van der Waals surface area contributed by atoms with E-state index < -0.39 is 30.4 Å². The molecule has 0 spiro atoms. The summed E-state index contributed by atoms with van der Waals surface area (Å²) in [6.07, 6.45) is 0.151. The normalized spacial score (nSPS) is 18.5. The predicted octanol–water partition coefficient (Wildman–Crippen LogP) is 3.29. The monoisotopic (exact) mass is 390 g/mol. The molecule has 0 bridgehead atoms. The fourth-order valence-corrected chi connectivity index (χ4v) is 3.28. The minimum Gasteiger partial charge on any atom is -0.447 e. The van der Waals surface area contributed by atoms with Crippen molar-refractivity contribution in [3.8, 4) is 0 Å². The average Bonchev–Trinajstić information content (AvgIpc) is 3.06. The molecule has 1 aliphatic heterocycles. The second-order valence-corrected chi connectivity index (χ2v) is 6.83. The van der Waals surface area contributed by atoms with Crippen molar-refractivity contribution in [1.29, 1.82) is 0 Å². The third-order valence-electron chi connectivity index (χ3n) is 4.73. The lowest BCUT2D eigenvalue weighted by atomic mass is 9.97. The number of hydrogen-bond donors (Lipinski definition) is 0. The summed E-state index contributed by atoms with van der Waals surface area (Å²) in [7, 11) is 3.07. The molecular formula is C19H26N4O5. The number of ether oxygens (including phenoxy) is 3. The molecule has 152 valence electrons. The SMILES string of the molecule is COC(CC(C)CC(N=[N+]=[N-])C(=O)N1C(=O)OCC1Cc1ccccc1)OC. The molecule has 9 nitrogen and oxygen atoms in total. The Hall–Kier alpha value is -2.61. The predicted molar refractivity (Wildman–Crippen MR) is 101 cm³/mol. The van der Waals surface area contributed by atoms with Crippen molar-refractivity contribution in [2.24, 2.45) is 11.0 Å². The van der Waals surface area contributed by atoms with Crippen LogP contribution in [0.4, 0.5) is 4.79 Å². The summed E-state index contributed by atoms with van der Waals surface area (Å²) in [5, 5.41) is 3.64. The van der Waals surface area contributed by atoms with E-state index in [0.29, 0.717) is 12.8 Å². The van der Waals surface area contributed by atoms with E-state index in [9.17, 15) is 9.59 Å². The van der Waals surface area contributed by atoms with Crippen LogP contribution in [0.5, 0.6) is 0 Å². The van der Waals surface area contributed by atoms with Crippen molar-refractivity contribution >= 4 is 12.0 Å². The van der Waals surface area contributed by atoms with Gasteiger partial charge in [-0.2, -0.15) is 0 Å². The first kappa shape index (κ1) is 21.7. The summed E-state index contributed by atoms with van der Waals surface area (Å²) in [6, 6.07) is 8.10. The van der Waals surface area contributed by atoms with E-state index in [0.717, 1.165) is 10.5 Å². The van der Waals surface area contributed by atoms with Crippen LogP contribution in [-0.4, -0.2) is 56.1 Å². The molecule has 9 heteroatoms. The van der Waals surface area contributed by atoms with E-state index >= 15 is 0 Å². The summed E-state index contributed by atoms with van der Waals surface area (Å²) >= 11 is 0. The van der Waals surface area contributed by atoms with E-state index in [1.165, 1.54) is 14.2 Å². The zero-order chi connectivity index (χ0) is 20.5. The average molecular weight is 390 g/mol. The molecule has 0 N–H and O–H groups in total. The summed E-state index contributed by atoms with van der Waals surface area (Å²) in [6.45, 7) is 2.02. The third kappa shape index (κ3) is 5.69. The third-order valence-corrected chi connectivity index (χ3v) is 4.73. The number of methoxy groups -OCH3 is 2. The van der Waals surface area contributed by atoms with Gasteiger partial charge in [0.15, 0.2) is 6.29 Å². The van der Waals surface area contributed by atoms with Gasteiger partial charge < -0.3 is 14.2 Å². The number of nitrogens with zero attached hydrogens (tertiary/aromatic N) is 4. The Morgan fingerprint density at radius 2 is 2.00 bits per heavy atom. The number of hydrogen-bond acceptors (Lipinski definition) is 6. The molecule has 1 aromatic carbocycles. The zero-order valence-corrected chi connectivity index (χ0v) is 16.4. The molecule has 1 fully saturated rings. The van der Waals surface area contributed by atoms with Crippen molar-refractivity contribution in [1.82, 2.24) is 4.90 Å². The standard InChI is InChI=1S/C19H26N4O5/c1-13(10-17(26-2)27-3)9-16(21-22-20)18(24)23-15(12-28-19(23)25)11-14-7-5-4-6-8-14/h4-8,13,15-17H,9-12H2,1-3H3. The maximum absolute atomic E-state index is 13.0. The summed E-state index contributed by atoms with van der Waals surface area (Å²) in [5.74, 6) is -0.574. The molecule has 1 aromatic rings. The first-order valence-electron chi connectivity index (χ1n) is 9.13. The van der Waals surface area contributed by atoms with Crippen LogP contribution in [0, 0.1) is 5.92 Å². The van der Waals surface area contributed by atoms with Crippen LogP contribution in [0.15, 0.2) is 35.4 Å². The summed E-state index contributed by atoms with van der Waals surface area (Å²) in [5.41, 5.74) is 9.89. The highest BCUT2D eigenvalue weighted by molar-refractivity contribution is 5.96. The molecule has 1 heterocycles. The highest BCUT2D eigenvalue weighted by atomic mass is 16.7. The van der Waals surface area contributed by atoms with Gasteiger partial charge in [0, 0.05) is 25.6 Å². The topological polar surface area (TPSA) is 114 Å². The Morgan fingerprint density at radius 3 is 2.61 bits per heavy atom. The lowest BCUT2D eigenvalue weighted by Gasteiger charge is -2.25. The Kier molecular flexibility index (Phi) is 8.25. The van der Waals surface area contributed by atoms with Gasteiger partial charge in [0.1, 0.15) is 12.6 Å². The molecule has 3 unspecified atom stereocenters. The van der Waals surface area contributed by atoms with Crippen molar-refractivity contribution in [3.63, 3.8) is 0 Å². The van der Waals surface area contributed by atoms with Gasteiger partial charge in [0.25, 0.3) is 0 Å². The highest BCUT2D eigenvalue weighted by Crippen LogP contribution is 2.23. The van der Waals surface area contributed by atoms with E-state index in [1.54, 1.807) is 0 Å². The molecule has 2 amide bonds. The van der Waals surface area contributed by atoms with Crippen LogP contribution in [0.1, 0.15) is 25.3 Å². The highest BCUT2D eigenvalue weighted by Gasteiger charge is 2.41. The quantitative estimate of drug-likeness (QED) is 0.263. The molecule has 2 rings (SSSR count). The number of amides is 2. The van der Waals surface area contributed by atoms with Crippen LogP contribution in [0.3, 0.4) is 0 Å². The molecule has 1 aliphatic rings. The van der Waals surface area contributed by atoms with Crippen LogP contribution >= 0.6 is 0 Å². The Labute approximate surface area is 164 Å². The van der Waals surface area contributed by atoms with Gasteiger partial charge in [-0.25, -0.2) is 9.69 Å². The Balaban J connectivity index is 2.10. The molecule has 1 saturated heterocycles. The van der Waals surface area contributed by atoms with Gasteiger partial charge in [0.2, 0.25) is 5.91 Å². The molecule has 28 heavy (non-hydrogen) atoms. The van der Waals surface area contributed by atoms with E-state index in [2.05, 4.69) is 10.0 Å². The molecule has 0 aliphatic carbocycles. The van der Waals surface area contributed by atoms with Gasteiger partial charge in [0.05, 0.1) is 6.04 Å². The van der Waals surface area contributed by atoms with Crippen LogP contribution in [-0.2, 0) is 25.4 Å². The number of imide groups is 1. The number of azide groups is 1. The number of carbonyl (C=O) groups excluding carboxylic acids is 2. The Bertz CT molecular complexity index is 704. The second-order valence-electron chi connectivity index (χ2n) is 6.83. The van der Waals surface area contributed by atoms with E-state index in [4.69, 9.17) is 19.7 Å². The maximum atomic E-state index is 13.0. The Morgan fingerprint density at radius 1 is 1.32 bits per heavy atom. The van der Waals surface area contributed by atoms with Gasteiger partial charge in [-0.15, -0.1) is 0 Å². The maximum Gasteiger partial charge on any atom is 0.416 e. The molecule has 0 aromatic heterocycles. The number of cyclic esters (lactones) is 1. The number of rotatable bonds is 10. The van der Waals surface area contributed by atoms with E-state index in [-0.39, 0.29) is 18.9 Å². The smallest absolute Gasteiger partial charge is 0.416 e. The van der Waals surface area contributed by atoms with Gasteiger partial charge >= 0.3 is 6.09 Å². The lowest BCUT2D eigenvalue weighted by molar-refractivity contribution is -0.132. The fourth-order valence-electron chi connectivity index (χ4n) is 3.28. The summed E-state index contributed by atoms with van der Waals surface area (Å²) < 4.78 is 15.5. The van der Waals surface area contributed by atoms with Crippen LogP contribution in [0.2, 0.25) is 0 Å². The first-order valence-corrected chi connectivity index (χ1v) is 9.13. The van der Waals surface area contributed by atoms with Crippen molar-refractivity contribution in [3.05, 3.63) is 46.3 Å². The second kappa shape index (κ2) is 10.7. The van der Waals surface area contributed by atoms with Crippen molar-refractivity contribution in [2.75, 3.05) is 20.8 Å². The van der Waals surface area contributed by atoms with Gasteiger partial charge in [-0.05, 0) is 29.9 Å². The molecule has 0 radical (unpaired) electrons. The van der Waals surface area contributed by atoms with Gasteiger partial charge in [-0.3, -0.25) is 4.79 Å². The minimum absolute atomic E-state index is 0.0319. The zero-order valence-electron chi connectivity index (χ0n) is 16.4. The number of carbonyl (C=O) groups is 2. The minimum atomic E-state index is -1.00. The lowest BCUT2D eigenvalue weighted by Crippen LogP contribution is -2.45. The first-order chi connectivity index (χ1) is 13.5. The van der Waals surface area contributed by atoms with Crippen molar-refractivity contribution in [2.45, 2.75) is 44.6 Å².